The van der Waals surface area contributed by atoms with Gasteiger partial charge in [0.15, 0.2) is 0 Å². The van der Waals surface area contributed by atoms with Gasteiger partial charge in [0.1, 0.15) is 23.7 Å². The van der Waals surface area contributed by atoms with Gasteiger partial charge in [-0.15, -0.1) is 0 Å². The molecule has 0 atom stereocenters. The lowest BCUT2D eigenvalue weighted by Gasteiger charge is -1.86. The molecule has 4 nitrogen and oxygen atoms in total. The minimum absolute atomic E-state index is 1.21. The van der Waals surface area contributed by atoms with Gasteiger partial charge in [0, 0.05) is 0 Å². The smallest absolute Gasteiger partial charge is 0.313 e. The van der Waals surface area contributed by atoms with E-state index in [2.05, 4.69) is 37.3 Å². The Hall–Kier alpha value is -0.190. The van der Waals surface area contributed by atoms with Crippen LogP contribution in [0.5, 0.6) is 0 Å². The van der Waals surface area contributed by atoms with Crippen LogP contribution >= 0.6 is 23.7 Å². The summed E-state index contributed by atoms with van der Waals surface area (Å²) in [4.78, 5) is 13.1. The summed E-state index contributed by atoms with van der Waals surface area (Å²) in [7, 11) is 0. The normalized spacial score (nSPS) is 7.71. The van der Waals surface area contributed by atoms with Crippen molar-refractivity contribution in [1.82, 2.24) is 0 Å². The Morgan fingerprint density at radius 3 is 2.14 bits per heavy atom. The summed E-state index contributed by atoms with van der Waals surface area (Å²) in [5, 5.41) is 0. The second-order valence-corrected chi connectivity index (χ2v) is 0.754. The molecule has 0 saturated carbocycles. The zero-order valence-corrected chi connectivity index (χ0v) is 4.40. The van der Waals surface area contributed by atoms with E-state index >= 15 is 0 Å². The lowest BCUT2D eigenvalue weighted by Crippen LogP contribution is -1.96. The van der Waals surface area contributed by atoms with Crippen molar-refractivity contribution >= 4 is 29.9 Å². The molecule has 0 saturated heterocycles. The van der Waals surface area contributed by atoms with Crippen LogP contribution in [0.25, 0.3) is 0 Å². The standard InChI is InChI=1S/CCl2O4/c2-5-1(4)6-7-3. The number of carbonyl (C=O) groups excluding carboxylic acids is 1. The molecule has 0 heterocycles. The predicted octanol–water partition coefficient (Wildman–Crippen LogP) is 1.38. The van der Waals surface area contributed by atoms with Crippen molar-refractivity contribution in [2.24, 2.45) is 0 Å². The summed E-state index contributed by atoms with van der Waals surface area (Å²) < 4.78 is 6.70. The van der Waals surface area contributed by atoms with Crippen molar-refractivity contribution in [3.63, 3.8) is 0 Å². The first-order valence-electron chi connectivity index (χ1n) is 1.09. The minimum Gasteiger partial charge on any atom is -0.313 e. The molecule has 0 aromatic rings. The third kappa shape index (κ3) is 3.65. The highest BCUT2D eigenvalue weighted by Crippen LogP contribution is 1.90. The van der Waals surface area contributed by atoms with Gasteiger partial charge in [-0.1, -0.05) is 4.44 Å². The Bertz CT molecular complexity index is 62.7. The molecule has 0 fully saturated rings. The topological polar surface area (TPSA) is 44.8 Å². The van der Waals surface area contributed by atoms with Crippen LogP contribution in [0, 0.1) is 0 Å². The fourth-order valence-corrected chi connectivity index (χ4v) is 0.116. The number of hydrogen-bond acceptors (Lipinski definition) is 4. The van der Waals surface area contributed by atoms with E-state index < -0.39 is 6.16 Å². The molecule has 0 aromatic heterocycles. The van der Waals surface area contributed by atoms with Crippen molar-refractivity contribution in [3.05, 3.63) is 0 Å². The second-order valence-electron chi connectivity index (χ2n) is 0.473. The van der Waals surface area contributed by atoms with E-state index in [4.69, 9.17) is 0 Å². The van der Waals surface area contributed by atoms with E-state index in [1.165, 1.54) is 0 Å². The number of carbonyl (C=O) groups is 1. The van der Waals surface area contributed by atoms with E-state index in [1.807, 2.05) is 0 Å². The second kappa shape index (κ2) is 3.98. The maximum atomic E-state index is 9.63. The molecule has 0 aliphatic carbocycles. The molecule has 0 radical (unpaired) electrons. The molecule has 0 amide bonds. The fraction of sp³-hybridized carbons (Fsp3) is 0. The van der Waals surface area contributed by atoms with Crippen LogP contribution in [-0.4, -0.2) is 6.16 Å². The predicted molar refractivity (Wildman–Crippen MR) is 20.4 cm³/mol. The summed E-state index contributed by atoms with van der Waals surface area (Å²) in [5.74, 6) is 0. The third-order valence-electron chi connectivity index (χ3n) is 0.163. The monoisotopic (exact) mass is 146 g/mol. The van der Waals surface area contributed by atoms with Crippen molar-refractivity contribution in [2.45, 2.75) is 0 Å². The average molecular weight is 147 g/mol. The first kappa shape index (κ1) is 6.81. The minimum atomic E-state index is -1.21. The van der Waals surface area contributed by atoms with Gasteiger partial charge in [-0.25, -0.2) is 4.89 Å². The zero-order chi connectivity index (χ0) is 5.70. The number of hydrogen-bond donors (Lipinski definition) is 0. The van der Waals surface area contributed by atoms with Gasteiger partial charge in [-0.05, 0) is 0 Å². The molecule has 0 bridgehead atoms. The Balaban J connectivity index is 3.00. The summed E-state index contributed by atoms with van der Waals surface area (Å²) in [6, 6.07) is 0. The van der Waals surface area contributed by atoms with Gasteiger partial charge in [-0.2, -0.15) is 4.79 Å². The van der Waals surface area contributed by atoms with E-state index in [1.54, 1.807) is 0 Å². The van der Waals surface area contributed by atoms with E-state index in [-0.39, 0.29) is 0 Å². The van der Waals surface area contributed by atoms with Gasteiger partial charge in [0.25, 0.3) is 0 Å². The summed E-state index contributed by atoms with van der Waals surface area (Å²) in [6.45, 7) is 0. The molecule has 0 aromatic carbocycles. The van der Waals surface area contributed by atoms with E-state index in [0.717, 1.165) is 0 Å². The van der Waals surface area contributed by atoms with Crippen molar-refractivity contribution in [1.29, 1.82) is 0 Å². The molecular formula is CCl2O4. The molecule has 0 rings (SSSR count). The average Bonchev–Trinajstić information content (AvgIpc) is 1.68. The van der Waals surface area contributed by atoms with E-state index in [9.17, 15) is 4.79 Å². The lowest BCUT2D eigenvalue weighted by atomic mass is 11.4. The van der Waals surface area contributed by atoms with Crippen LogP contribution in [-0.2, 0) is 13.6 Å². The first-order valence-corrected chi connectivity index (χ1v) is 1.70. The van der Waals surface area contributed by atoms with Gasteiger partial charge in [-0.3, -0.25) is 0 Å². The largest absolute Gasteiger partial charge is 0.560 e. The van der Waals surface area contributed by atoms with Gasteiger partial charge < -0.3 is 4.29 Å². The third-order valence-corrected chi connectivity index (χ3v) is 0.352. The van der Waals surface area contributed by atoms with Gasteiger partial charge in [0.2, 0.25) is 0 Å². The zero-order valence-electron chi connectivity index (χ0n) is 2.89. The van der Waals surface area contributed by atoms with Gasteiger partial charge in [0.05, 0.1) is 0 Å². The summed E-state index contributed by atoms with van der Waals surface area (Å²) >= 11 is 8.81. The van der Waals surface area contributed by atoms with Crippen molar-refractivity contribution < 1.29 is 18.4 Å². The molecular weight excluding hydrogens is 147 g/mol. The molecule has 42 valence electrons. The molecule has 0 aliphatic heterocycles. The molecule has 0 spiro atoms. The lowest BCUT2D eigenvalue weighted by molar-refractivity contribution is -0.151. The Kier molecular flexibility index (Phi) is 3.87. The summed E-state index contributed by atoms with van der Waals surface area (Å²) in [5.41, 5.74) is 0. The van der Waals surface area contributed by atoms with Crippen LogP contribution in [0.4, 0.5) is 4.79 Å². The van der Waals surface area contributed by atoms with Crippen molar-refractivity contribution in [2.75, 3.05) is 0 Å². The van der Waals surface area contributed by atoms with Crippen LogP contribution in [0.15, 0.2) is 0 Å². The maximum Gasteiger partial charge on any atom is 0.560 e. The highest BCUT2D eigenvalue weighted by Gasteiger charge is 1.99. The number of halogens is 2. The van der Waals surface area contributed by atoms with Crippen LogP contribution in [0.1, 0.15) is 0 Å². The van der Waals surface area contributed by atoms with E-state index in [0.29, 0.717) is 0 Å². The van der Waals surface area contributed by atoms with Crippen LogP contribution < -0.4 is 0 Å². The highest BCUT2D eigenvalue weighted by molar-refractivity contribution is 6.12. The highest BCUT2D eigenvalue weighted by atomic mass is 35.5. The molecule has 7 heavy (non-hydrogen) atoms. The quantitative estimate of drug-likeness (QED) is 0.415. The Labute approximate surface area is 49.1 Å². The summed E-state index contributed by atoms with van der Waals surface area (Å²) in [6.07, 6.45) is -1.21. The van der Waals surface area contributed by atoms with Crippen LogP contribution in [0.3, 0.4) is 0 Å². The fourth-order valence-electron chi connectivity index (χ4n) is 0.0386. The molecule has 0 aliphatic rings. The Morgan fingerprint density at radius 1 is 1.43 bits per heavy atom. The van der Waals surface area contributed by atoms with Crippen molar-refractivity contribution in [3.8, 4) is 0 Å². The maximum absolute atomic E-state index is 9.63. The SMILES string of the molecule is O=C(OCl)OOCl. The van der Waals surface area contributed by atoms with Gasteiger partial charge >= 0.3 is 6.16 Å². The molecule has 0 N–H and O–H groups in total. The van der Waals surface area contributed by atoms with Crippen LogP contribution in [0.2, 0.25) is 0 Å². The number of rotatable bonds is 1. The Morgan fingerprint density at radius 2 is 2.00 bits per heavy atom. The molecule has 6 heteroatoms. The first-order chi connectivity index (χ1) is 3.31. The molecule has 0 unspecified atom stereocenters.